The summed E-state index contributed by atoms with van der Waals surface area (Å²) in [6.07, 6.45) is 3.00. The third-order valence-corrected chi connectivity index (χ3v) is 2.85. The summed E-state index contributed by atoms with van der Waals surface area (Å²) in [5.74, 6) is 2.48. The fourth-order valence-electron chi connectivity index (χ4n) is 0.707. The molecule has 0 radical (unpaired) electrons. The minimum absolute atomic E-state index is 0.448. The van der Waals surface area contributed by atoms with E-state index in [-0.39, 0.29) is 0 Å². The van der Waals surface area contributed by atoms with Crippen molar-refractivity contribution < 1.29 is 4.79 Å². The van der Waals surface area contributed by atoms with Gasteiger partial charge in [-0.1, -0.05) is 0 Å². The number of hydrogen-bond acceptors (Lipinski definition) is 1. The Morgan fingerprint density at radius 3 is 2.57 bits per heavy atom. The lowest BCUT2D eigenvalue weighted by atomic mass is 10.4. The van der Waals surface area contributed by atoms with E-state index in [9.17, 15) is 4.79 Å². The molecule has 1 saturated heterocycles. The van der Waals surface area contributed by atoms with Crippen molar-refractivity contribution in [3.8, 4) is 0 Å². The summed E-state index contributed by atoms with van der Waals surface area (Å²) in [7, 11) is 0.448. The van der Waals surface area contributed by atoms with E-state index in [1.807, 2.05) is 0 Å². The van der Waals surface area contributed by atoms with Crippen molar-refractivity contribution in [1.29, 1.82) is 0 Å². The van der Waals surface area contributed by atoms with Crippen molar-refractivity contribution in [2.24, 2.45) is 0 Å². The van der Waals surface area contributed by atoms with Crippen LogP contribution in [-0.4, -0.2) is 23.5 Å². The van der Waals surface area contributed by atoms with Crippen molar-refractivity contribution >= 4 is 16.7 Å². The van der Waals surface area contributed by atoms with Gasteiger partial charge in [0.1, 0.15) is 5.75 Å². The molecule has 0 spiro atoms. The molecule has 2 heteroatoms. The van der Waals surface area contributed by atoms with Crippen LogP contribution in [0.5, 0.6) is 0 Å². The number of carbonyl (C=O) groups excluding carboxylic acids is 1. The Morgan fingerprint density at radius 1 is 1.71 bits per heavy atom. The van der Waals surface area contributed by atoms with Crippen LogP contribution >= 0.6 is 0 Å². The largest absolute Gasteiger partial charge is 0.294 e. The van der Waals surface area contributed by atoms with Gasteiger partial charge in [0.15, 0.2) is 11.5 Å². The molecular formula is C5H9OS+. The highest BCUT2D eigenvalue weighted by Gasteiger charge is 2.25. The Balaban J connectivity index is 2.40. The van der Waals surface area contributed by atoms with Gasteiger partial charge in [0.2, 0.25) is 0 Å². The molecule has 1 fully saturated rings. The van der Waals surface area contributed by atoms with Gasteiger partial charge in [0.05, 0.1) is 12.7 Å². The van der Waals surface area contributed by atoms with Crippen molar-refractivity contribution in [2.75, 3.05) is 17.8 Å². The lowest BCUT2D eigenvalue weighted by Crippen LogP contribution is -2.01. The predicted octanol–water partition coefficient (Wildman–Crippen LogP) is 0.207. The summed E-state index contributed by atoms with van der Waals surface area (Å²) in [4.78, 5) is 10.5. The Hall–Kier alpha value is 0.0200. The maximum absolute atomic E-state index is 10.5. The van der Waals surface area contributed by atoms with E-state index < -0.39 is 0 Å². The zero-order chi connectivity index (χ0) is 5.28. The summed E-state index contributed by atoms with van der Waals surface area (Å²) in [6.45, 7) is 0. The first kappa shape index (κ1) is 5.16. The van der Waals surface area contributed by atoms with E-state index in [1.54, 1.807) is 0 Å². The van der Waals surface area contributed by atoms with Gasteiger partial charge in [-0.25, -0.2) is 0 Å². The minimum atomic E-state index is 0.448. The number of rotatable bonds is 0. The van der Waals surface area contributed by atoms with Crippen LogP contribution in [0, 0.1) is 0 Å². The average molecular weight is 117 g/mol. The summed E-state index contributed by atoms with van der Waals surface area (Å²) in [6, 6.07) is 0. The number of ketones is 1. The second kappa shape index (κ2) is 1.86. The lowest BCUT2D eigenvalue weighted by molar-refractivity contribution is -0.115. The first-order chi connectivity index (χ1) is 3.29. The quantitative estimate of drug-likeness (QED) is 0.414. The van der Waals surface area contributed by atoms with Crippen LogP contribution in [-0.2, 0) is 15.7 Å². The molecule has 0 aromatic heterocycles. The second-order valence-corrected chi connectivity index (χ2v) is 4.18. The van der Waals surface area contributed by atoms with Crippen LogP contribution in [0.4, 0.5) is 0 Å². The van der Waals surface area contributed by atoms with E-state index in [1.165, 1.54) is 0 Å². The third kappa shape index (κ3) is 1.20. The van der Waals surface area contributed by atoms with Crippen molar-refractivity contribution in [1.82, 2.24) is 0 Å². The van der Waals surface area contributed by atoms with E-state index in [0.29, 0.717) is 16.7 Å². The Bertz CT molecular complexity index is 90.1. The summed E-state index contributed by atoms with van der Waals surface area (Å²) >= 11 is 0. The molecule has 1 aliphatic heterocycles. The Kier molecular flexibility index (Phi) is 1.38. The molecule has 0 N–H and O–H groups in total. The molecule has 1 rings (SSSR count). The first-order valence-corrected chi connectivity index (χ1v) is 4.37. The zero-order valence-corrected chi connectivity index (χ0v) is 5.25. The van der Waals surface area contributed by atoms with Crippen molar-refractivity contribution in [3.63, 3.8) is 0 Å². The van der Waals surface area contributed by atoms with Crippen molar-refractivity contribution in [2.45, 2.75) is 6.42 Å². The molecule has 0 amide bonds. The van der Waals surface area contributed by atoms with Gasteiger partial charge in [0.25, 0.3) is 0 Å². The third-order valence-electron chi connectivity index (χ3n) is 1.14. The van der Waals surface area contributed by atoms with Crippen molar-refractivity contribution in [3.05, 3.63) is 0 Å². The standard InChI is InChI=1S/C5H9OS/c1-7-3-2-5(6)4-7/h2-4H2,1H3/q+1. The van der Waals surface area contributed by atoms with Gasteiger partial charge in [0, 0.05) is 0 Å². The minimum Gasteiger partial charge on any atom is -0.294 e. The molecule has 1 aliphatic rings. The topological polar surface area (TPSA) is 17.1 Å². The van der Waals surface area contributed by atoms with Crippen LogP contribution in [0.2, 0.25) is 0 Å². The normalized spacial score (nSPS) is 31.6. The molecule has 7 heavy (non-hydrogen) atoms. The molecule has 1 atom stereocenters. The molecule has 0 aromatic carbocycles. The number of hydrogen-bond donors (Lipinski definition) is 0. The highest BCUT2D eigenvalue weighted by Crippen LogP contribution is 2.05. The highest BCUT2D eigenvalue weighted by atomic mass is 32.2. The molecule has 0 saturated carbocycles. The van der Waals surface area contributed by atoms with Gasteiger partial charge in [-0.15, -0.1) is 0 Å². The predicted molar refractivity (Wildman–Crippen MR) is 32.6 cm³/mol. The molecular weight excluding hydrogens is 108 g/mol. The Labute approximate surface area is 46.4 Å². The van der Waals surface area contributed by atoms with Gasteiger partial charge < -0.3 is 0 Å². The maximum atomic E-state index is 10.5. The average Bonchev–Trinajstić information content (AvgIpc) is 1.87. The summed E-state index contributed by atoms with van der Waals surface area (Å²) < 4.78 is 0. The van der Waals surface area contributed by atoms with Crippen LogP contribution in [0.15, 0.2) is 0 Å². The Morgan fingerprint density at radius 2 is 2.43 bits per heavy atom. The molecule has 0 bridgehead atoms. The van der Waals surface area contributed by atoms with E-state index >= 15 is 0 Å². The van der Waals surface area contributed by atoms with Gasteiger partial charge in [-0.3, -0.25) is 4.79 Å². The first-order valence-electron chi connectivity index (χ1n) is 2.40. The van der Waals surface area contributed by atoms with Crippen LogP contribution in [0.25, 0.3) is 0 Å². The maximum Gasteiger partial charge on any atom is 0.186 e. The summed E-state index contributed by atoms with van der Waals surface area (Å²) in [5.41, 5.74) is 0. The number of Topliss-reactive ketones (excluding diaryl/α,β-unsaturated/α-hetero) is 1. The highest BCUT2D eigenvalue weighted by molar-refractivity contribution is 7.97. The lowest BCUT2D eigenvalue weighted by Gasteiger charge is -1.80. The summed E-state index contributed by atoms with van der Waals surface area (Å²) in [5, 5.41) is 0. The van der Waals surface area contributed by atoms with E-state index in [2.05, 4.69) is 6.26 Å². The number of carbonyl (C=O) groups is 1. The van der Waals surface area contributed by atoms with Crippen LogP contribution in [0.3, 0.4) is 0 Å². The molecule has 40 valence electrons. The molecule has 1 nitrogen and oxygen atoms in total. The molecule has 1 heterocycles. The van der Waals surface area contributed by atoms with E-state index in [4.69, 9.17) is 0 Å². The van der Waals surface area contributed by atoms with Crippen LogP contribution < -0.4 is 0 Å². The fourth-order valence-corrected chi connectivity index (χ4v) is 2.12. The van der Waals surface area contributed by atoms with Gasteiger partial charge in [-0.2, -0.15) is 0 Å². The second-order valence-electron chi connectivity index (χ2n) is 1.92. The molecule has 1 unspecified atom stereocenters. The van der Waals surface area contributed by atoms with E-state index in [0.717, 1.165) is 17.9 Å². The smallest absolute Gasteiger partial charge is 0.186 e. The SMILES string of the molecule is C[S+]1CCC(=O)C1. The van der Waals surface area contributed by atoms with Gasteiger partial charge in [-0.05, 0) is 10.9 Å². The molecule has 0 aromatic rings. The van der Waals surface area contributed by atoms with Gasteiger partial charge >= 0.3 is 0 Å². The molecule has 0 aliphatic carbocycles. The fraction of sp³-hybridized carbons (Fsp3) is 0.800. The zero-order valence-electron chi connectivity index (χ0n) is 4.44. The van der Waals surface area contributed by atoms with Crippen LogP contribution in [0.1, 0.15) is 6.42 Å². The monoisotopic (exact) mass is 117 g/mol.